The van der Waals surface area contributed by atoms with Gasteiger partial charge in [0.1, 0.15) is 0 Å². The van der Waals surface area contributed by atoms with E-state index in [-0.39, 0.29) is 0 Å². The van der Waals surface area contributed by atoms with Crippen molar-refractivity contribution in [2.75, 3.05) is 25.0 Å². The van der Waals surface area contributed by atoms with Crippen LogP contribution in [0.4, 0.5) is 5.82 Å². The minimum atomic E-state index is 0.636. The minimum Gasteiger partial charge on any atom is -0.349 e. The van der Waals surface area contributed by atoms with Gasteiger partial charge in [0.15, 0.2) is 5.82 Å². The zero-order chi connectivity index (χ0) is 13.5. The number of likely N-dealkylation sites (N-methyl/N-ethyl adjacent to an activating group) is 1. The second kappa shape index (κ2) is 4.56. The lowest BCUT2D eigenvalue weighted by molar-refractivity contribution is 0.116. The fourth-order valence-corrected chi connectivity index (χ4v) is 3.39. The summed E-state index contributed by atoms with van der Waals surface area (Å²) >= 11 is 0. The molecule has 0 radical (unpaired) electrons. The standard InChI is InChI=1S/C16H18N4/c1-19-11-15-14(19)9-10-20(15)16-8-7-13(17-18-16)12-5-3-2-4-6-12/h2-8,14-15H,9-11H2,1H3/t14-,15?/m1/s1. The van der Waals surface area contributed by atoms with Crippen molar-refractivity contribution in [2.24, 2.45) is 0 Å². The fourth-order valence-electron chi connectivity index (χ4n) is 3.39. The van der Waals surface area contributed by atoms with E-state index in [1.54, 1.807) is 0 Å². The molecule has 4 rings (SSSR count). The minimum absolute atomic E-state index is 0.636. The van der Waals surface area contributed by atoms with Crippen molar-refractivity contribution >= 4 is 5.82 Å². The number of hydrogen-bond acceptors (Lipinski definition) is 4. The number of anilines is 1. The molecule has 1 unspecified atom stereocenters. The SMILES string of the molecule is CN1CC2[C@H]1CCN2c1ccc(-c2ccccc2)nn1. The van der Waals surface area contributed by atoms with Gasteiger partial charge in [-0.15, -0.1) is 10.2 Å². The second-order valence-electron chi connectivity index (χ2n) is 5.70. The molecule has 0 N–H and O–H groups in total. The molecule has 2 fully saturated rings. The number of rotatable bonds is 2. The summed E-state index contributed by atoms with van der Waals surface area (Å²) < 4.78 is 0. The molecule has 102 valence electrons. The Labute approximate surface area is 119 Å². The van der Waals surface area contributed by atoms with Crippen molar-refractivity contribution in [3.63, 3.8) is 0 Å². The van der Waals surface area contributed by atoms with Gasteiger partial charge < -0.3 is 4.90 Å². The van der Waals surface area contributed by atoms with E-state index >= 15 is 0 Å². The highest BCUT2D eigenvalue weighted by Crippen LogP contribution is 2.33. The van der Waals surface area contributed by atoms with E-state index in [1.807, 2.05) is 18.2 Å². The predicted octanol–water partition coefficient (Wildman–Crippen LogP) is 2.04. The average Bonchev–Trinajstić information content (AvgIpc) is 2.85. The summed E-state index contributed by atoms with van der Waals surface area (Å²) in [5.74, 6) is 1.02. The Morgan fingerprint density at radius 3 is 2.50 bits per heavy atom. The highest BCUT2D eigenvalue weighted by molar-refractivity contribution is 5.59. The van der Waals surface area contributed by atoms with E-state index in [2.05, 4.69) is 51.3 Å². The number of aromatic nitrogens is 2. The van der Waals surface area contributed by atoms with Crippen molar-refractivity contribution in [2.45, 2.75) is 18.5 Å². The van der Waals surface area contributed by atoms with Gasteiger partial charge in [-0.3, -0.25) is 4.90 Å². The average molecular weight is 266 g/mol. The summed E-state index contributed by atoms with van der Waals surface area (Å²) in [5.41, 5.74) is 2.06. The van der Waals surface area contributed by atoms with Crippen molar-refractivity contribution < 1.29 is 0 Å². The van der Waals surface area contributed by atoms with Crippen molar-refractivity contribution in [1.82, 2.24) is 15.1 Å². The number of benzene rings is 1. The number of nitrogens with zero attached hydrogens (tertiary/aromatic N) is 4. The van der Waals surface area contributed by atoms with Gasteiger partial charge in [0, 0.05) is 24.7 Å². The smallest absolute Gasteiger partial charge is 0.151 e. The first kappa shape index (κ1) is 11.9. The molecule has 2 aromatic rings. The molecule has 4 heteroatoms. The number of likely N-dealkylation sites (tertiary alicyclic amines) is 1. The molecule has 1 aromatic heterocycles. The van der Waals surface area contributed by atoms with Crippen LogP contribution in [0.1, 0.15) is 6.42 Å². The van der Waals surface area contributed by atoms with Crippen LogP contribution in [-0.4, -0.2) is 47.3 Å². The van der Waals surface area contributed by atoms with Crippen LogP contribution in [0.15, 0.2) is 42.5 Å². The van der Waals surface area contributed by atoms with E-state index < -0.39 is 0 Å². The number of hydrogen-bond donors (Lipinski definition) is 0. The van der Waals surface area contributed by atoms with Crippen LogP contribution >= 0.6 is 0 Å². The van der Waals surface area contributed by atoms with Gasteiger partial charge in [0.25, 0.3) is 0 Å². The number of fused-ring (bicyclic) bond motifs is 1. The fraction of sp³-hybridized carbons (Fsp3) is 0.375. The van der Waals surface area contributed by atoms with E-state index in [9.17, 15) is 0 Å². The molecule has 20 heavy (non-hydrogen) atoms. The summed E-state index contributed by atoms with van der Waals surface area (Å²) in [6, 6.07) is 15.7. The van der Waals surface area contributed by atoms with Crippen LogP contribution in [0.3, 0.4) is 0 Å². The van der Waals surface area contributed by atoms with Crippen molar-refractivity contribution in [1.29, 1.82) is 0 Å². The Morgan fingerprint density at radius 1 is 1.00 bits per heavy atom. The van der Waals surface area contributed by atoms with Crippen LogP contribution < -0.4 is 4.90 Å². The molecule has 0 amide bonds. The van der Waals surface area contributed by atoms with Crippen LogP contribution in [0.2, 0.25) is 0 Å². The zero-order valence-corrected chi connectivity index (χ0v) is 11.6. The Kier molecular flexibility index (Phi) is 2.70. The van der Waals surface area contributed by atoms with E-state index in [0.29, 0.717) is 12.1 Å². The van der Waals surface area contributed by atoms with Crippen LogP contribution in [0.5, 0.6) is 0 Å². The van der Waals surface area contributed by atoms with Gasteiger partial charge in [-0.2, -0.15) is 0 Å². The molecular formula is C16H18N4. The molecule has 0 spiro atoms. The van der Waals surface area contributed by atoms with Gasteiger partial charge in [0.05, 0.1) is 11.7 Å². The van der Waals surface area contributed by atoms with Crippen LogP contribution in [0.25, 0.3) is 11.3 Å². The van der Waals surface area contributed by atoms with E-state index in [1.165, 1.54) is 6.42 Å². The molecule has 0 saturated carbocycles. The maximum Gasteiger partial charge on any atom is 0.151 e. The molecule has 4 nitrogen and oxygen atoms in total. The Hall–Kier alpha value is -1.94. The molecule has 2 saturated heterocycles. The third kappa shape index (κ3) is 1.79. The van der Waals surface area contributed by atoms with Crippen molar-refractivity contribution in [3.8, 4) is 11.3 Å². The van der Waals surface area contributed by atoms with Gasteiger partial charge in [-0.05, 0) is 25.6 Å². The quantitative estimate of drug-likeness (QED) is 0.832. The second-order valence-corrected chi connectivity index (χ2v) is 5.70. The first-order valence-electron chi connectivity index (χ1n) is 7.19. The molecule has 0 bridgehead atoms. The van der Waals surface area contributed by atoms with E-state index in [4.69, 9.17) is 0 Å². The molecule has 3 heterocycles. The lowest BCUT2D eigenvalue weighted by Gasteiger charge is -2.44. The first-order chi connectivity index (χ1) is 9.83. The summed E-state index contributed by atoms with van der Waals surface area (Å²) in [6.45, 7) is 2.24. The van der Waals surface area contributed by atoms with Crippen LogP contribution in [-0.2, 0) is 0 Å². The lowest BCUT2D eigenvalue weighted by Crippen LogP contribution is -2.60. The molecule has 2 aliphatic heterocycles. The third-order valence-corrected chi connectivity index (χ3v) is 4.57. The zero-order valence-electron chi connectivity index (χ0n) is 11.6. The summed E-state index contributed by atoms with van der Waals surface area (Å²) in [6.07, 6.45) is 1.24. The topological polar surface area (TPSA) is 32.3 Å². The highest BCUT2D eigenvalue weighted by Gasteiger charge is 2.45. The third-order valence-electron chi connectivity index (χ3n) is 4.57. The molecule has 1 aromatic carbocycles. The monoisotopic (exact) mass is 266 g/mol. The summed E-state index contributed by atoms with van der Waals surface area (Å²) in [7, 11) is 2.20. The first-order valence-corrected chi connectivity index (χ1v) is 7.19. The van der Waals surface area contributed by atoms with Gasteiger partial charge >= 0.3 is 0 Å². The molecular weight excluding hydrogens is 248 g/mol. The Morgan fingerprint density at radius 2 is 1.85 bits per heavy atom. The van der Waals surface area contributed by atoms with E-state index in [0.717, 1.165) is 30.2 Å². The van der Waals surface area contributed by atoms with Gasteiger partial charge in [-0.25, -0.2) is 0 Å². The maximum absolute atomic E-state index is 4.44. The molecule has 0 aliphatic carbocycles. The lowest BCUT2D eigenvalue weighted by atomic mass is 9.99. The van der Waals surface area contributed by atoms with Gasteiger partial charge in [-0.1, -0.05) is 30.3 Å². The summed E-state index contributed by atoms with van der Waals surface area (Å²) in [5, 5.41) is 8.83. The molecule has 2 aliphatic rings. The maximum atomic E-state index is 4.44. The highest BCUT2D eigenvalue weighted by atomic mass is 15.4. The Balaban J connectivity index is 1.57. The predicted molar refractivity (Wildman–Crippen MR) is 79.6 cm³/mol. The summed E-state index contributed by atoms with van der Waals surface area (Å²) in [4.78, 5) is 4.84. The van der Waals surface area contributed by atoms with Crippen LogP contribution in [0, 0.1) is 0 Å². The Bertz CT molecular complexity index is 596. The van der Waals surface area contributed by atoms with Gasteiger partial charge in [0.2, 0.25) is 0 Å². The largest absolute Gasteiger partial charge is 0.349 e. The normalized spacial score (nSPS) is 25.4. The molecule has 2 atom stereocenters. The van der Waals surface area contributed by atoms with Crippen molar-refractivity contribution in [3.05, 3.63) is 42.5 Å².